The van der Waals surface area contributed by atoms with Gasteiger partial charge in [-0.3, -0.25) is 14.5 Å². The Kier molecular flexibility index (Phi) is 6.74. The van der Waals surface area contributed by atoms with Crippen LogP contribution >= 0.6 is 0 Å². The summed E-state index contributed by atoms with van der Waals surface area (Å²) in [5.41, 5.74) is 6.23. The fraction of sp³-hybridized carbons (Fsp3) is 0.278. The van der Waals surface area contributed by atoms with Gasteiger partial charge in [0, 0.05) is 53.0 Å². The molecule has 0 saturated heterocycles. The number of rotatable bonds is 6. The van der Waals surface area contributed by atoms with Crippen molar-refractivity contribution in [1.29, 1.82) is 0 Å². The van der Waals surface area contributed by atoms with Gasteiger partial charge in [0.2, 0.25) is 0 Å². The van der Waals surface area contributed by atoms with Crippen molar-refractivity contribution in [3.63, 3.8) is 0 Å². The molecule has 6 aromatic rings. The normalized spacial score (nSPS) is 13.8. The summed E-state index contributed by atoms with van der Waals surface area (Å²) in [6.07, 6.45) is 3.09. The average molecular weight is 603 g/mol. The van der Waals surface area contributed by atoms with Crippen LogP contribution in [0.5, 0.6) is 5.75 Å². The molecule has 4 heterocycles. The van der Waals surface area contributed by atoms with Crippen LogP contribution in [0.4, 0.5) is 0 Å². The molecule has 228 valence electrons. The Bertz CT molecular complexity index is 2210. The predicted octanol–water partition coefficient (Wildman–Crippen LogP) is 6.34. The Hall–Kier alpha value is -5.02. The van der Waals surface area contributed by atoms with Crippen LogP contribution < -0.4 is 10.3 Å². The lowest BCUT2D eigenvalue weighted by Gasteiger charge is -2.29. The number of pyridine rings is 2. The first-order valence-electron chi connectivity index (χ1n) is 15.0. The van der Waals surface area contributed by atoms with Gasteiger partial charge in [0.05, 0.1) is 41.5 Å². The van der Waals surface area contributed by atoms with Gasteiger partial charge in [-0.05, 0) is 86.3 Å². The highest BCUT2D eigenvalue weighted by Crippen LogP contribution is 2.45. The van der Waals surface area contributed by atoms with E-state index in [1.807, 2.05) is 88.1 Å². The first-order chi connectivity index (χ1) is 21.5. The summed E-state index contributed by atoms with van der Waals surface area (Å²) < 4.78 is 15.8. The number of hydrogen-bond acceptors (Lipinski definition) is 6. The fourth-order valence-electron chi connectivity index (χ4n) is 6.61. The molecule has 3 aromatic heterocycles. The number of aromatic nitrogens is 4. The number of carboxylic acid groups (broad SMARTS) is 1. The molecular weight excluding hydrogens is 568 g/mol. The molecule has 1 aliphatic heterocycles. The van der Waals surface area contributed by atoms with Crippen LogP contribution in [0.3, 0.4) is 0 Å². The second kappa shape index (κ2) is 10.6. The van der Waals surface area contributed by atoms with Crippen molar-refractivity contribution in [2.24, 2.45) is 7.05 Å². The lowest BCUT2D eigenvalue weighted by atomic mass is 9.86. The molecule has 45 heavy (non-hydrogen) atoms. The lowest BCUT2D eigenvalue weighted by molar-refractivity contribution is -0.160. The van der Waals surface area contributed by atoms with Crippen LogP contribution in [-0.4, -0.2) is 42.6 Å². The van der Waals surface area contributed by atoms with Gasteiger partial charge in [-0.2, -0.15) is 5.10 Å². The summed E-state index contributed by atoms with van der Waals surface area (Å²) in [6, 6.07) is 17.1. The number of ether oxygens (including phenoxy) is 2. The number of aliphatic carboxylic acids is 1. The first kappa shape index (κ1) is 28.7. The topological polar surface area (TPSA) is 108 Å². The number of benzene rings is 3. The van der Waals surface area contributed by atoms with Gasteiger partial charge in [-0.25, -0.2) is 4.79 Å². The van der Waals surface area contributed by atoms with Gasteiger partial charge in [-0.1, -0.05) is 12.1 Å². The van der Waals surface area contributed by atoms with Crippen molar-refractivity contribution >= 4 is 38.7 Å². The van der Waals surface area contributed by atoms with E-state index in [0.29, 0.717) is 35.4 Å². The summed E-state index contributed by atoms with van der Waals surface area (Å²) >= 11 is 0. The van der Waals surface area contributed by atoms with Crippen LogP contribution in [0.25, 0.3) is 43.8 Å². The lowest BCUT2D eigenvalue weighted by Crippen LogP contribution is -2.28. The average Bonchev–Trinajstić information content (AvgIpc) is 3.38. The number of fused-ring (bicyclic) bond motifs is 2. The fourth-order valence-corrected chi connectivity index (χ4v) is 6.61. The molecule has 1 N–H and O–H groups in total. The Morgan fingerprint density at radius 3 is 2.69 bits per heavy atom. The van der Waals surface area contributed by atoms with Crippen LogP contribution in [-0.2, 0) is 29.5 Å². The summed E-state index contributed by atoms with van der Waals surface area (Å²) in [7, 11) is 1.89. The van der Waals surface area contributed by atoms with Crippen LogP contribution in [0.15, 0.2) is 71.8 Å². The highest BCUT2D eigenvalue weighted by molar-refractivity contribution is 6.08. The first-order valence-corrected chi connectivity index (χ1v) is 15.0. The zero-order valence-electron chi connectivity index (χ0n) is 25.9. The highest BCUT2D eigenvalue weighted by atomic mass is 16.5. The van der Waals surface area contributed by atoms with Gasteiger partial charge in [0.1, 0.15) is 5.75 Å². The molecule has 0 unspecified atom stereocenters. The molecule has 0 amide bonds. The quantitative estimate of drug-likeness (QED) is 0.237. The summed E-state index contributed by atoms with van der Waals surface area (Å²) in [5.74, 6) is -0.340. The molecule has 1 atom stereocenters. The van der Waals surface area contributed by atoms with E-state index in [9.17, 15) is 14.7 Å². The van der Waals surface area contributed by atoms with E-state index in [2.05, 4.69) is 5.10 Å². The molecule has 0 aliphatic carbocycles. The third kappa shape index (κ3) is 4.84. The van der Waals surface area contributed by atoms with Crippen LogP contribution in [0, 0.1) is 6.92 Å². The molecule has 3 aromatic carbocycles. The van der Waals surface area contributed by atoms with Gasteiger partial charge in [-0.15, -0.1) is 0 Å². The second-order valence-corrected chi connectivity index (χ2v) is 12.6. The van der Waals surface area contributed by atoms with Crippen molar-refractivity contribution < 1.29 is 19.4 Å². The Morgan fingerprint density at radius 1 is 1.09 bits per heavy atom. The highest BCUT2D eigenvalue weighted by Gasteiger charge is 2.33. The van der Waals surface area contributed by atoms with Crippen molar-refractivity contribution in [2.45, 2.75) is 52.4 Å². The maximum Gasteiger partial charge on any atom is 0.337 e. The van der Waals surface area contributed by atoms with E-state index in [-0.39, 0.29) is 5.56 Å². The van der Waals surface area contributed by atoms with Crippen molar-refractivity contribution in [3.05, 3.63) is 99.6 Å². The third-order valence-corrected chi connectivity index (χ3v) is 8.55. The van der Waals surface area contributed by atoms with Crippen molar-refractivity contribution in [1.82, 2.24) is 19.3 Å². The number of aryl methyl sites for hydroxylation is 2. The van der Waals surface area contributed by atoms with E-state index in [1.54, 1.807) is 22.9 Å². The smallest absolute Gasteiger partial charge is 0.337 e. The van der Waals surface area contributed by atoms with Gasteiger partial charge >= 0.3 is 5.97 Å². The Labute approximate surface area is 259 Å². The molecule has 0 fully saturated rings. The minimum absolute atomic E-state index is 0.161. The van der Waals surface area contributed by atoms with Gasteiger partial charge < -0.3 is 19.1 Å². The van der Waals surface area contributed by atoms with Crippen molar-refractivity contribution in [3.8, 4) is 16.9 Å². The molecule has 0 spiro atoms. The SMILES string of the molecule is Cc1cc2c(ccc(=O)n2Cc2cccc3c2cnn3C)c(-c2ccc3c4c(ccnc24)CCO3)c1[C@H](OC(C)(C)C)C(=O)O. The van der Waals surface area contributed by atoms with Crippen LogP contribution in [0.2, 0.25) is 0 Å². The minimum Gasteiger partial charge on any atom is -0.493 e. The maximum atomic E-state index is 13.6. The Balaban J connectivity index is 1.57. The largest absolute Gasteiger partial charge is 0.493 e. The van der Waals surface area contributed by atoms with E-state index >= 15 is 0 Å². The number of carboxylic acids is 1. The number of carbonyl (C=O) groups is 1. The van der Waals surface area contributed by atoms with E-state index in [1.165, 1.54) is 0 Å². The molecular formula is C36H34N4O5. The zero-order chi connectivity index (χ0) is 31.6. The Morgan fingerprint density at radius 2 is 1.91 bits per heavy atom. The summed E-state index contributed by atoms with van der Waals surface area (Å²) in [4.78, 5) is 31.4. The van der Waals surface area contributed by atoms with E-state index in [4.69, 9.17) is 14.5 Å². The minimum atomic E-state index is -1.27. The molecule has 0 radical (unpaired) electrons. The number of nitrogens with zero attached hydrogens (tertiary/aromatic N) is 4. The number of hydrogen-bond donors (Lipinski definition) is 1. The summed E-state index contributed by atoms with van der Waals surface area (Å²) in [5, 5.41) is 17.6. The zero-order valence-corrected chi connectivity index (χ0v) is 25.9. The van der Waals surface area contributed by atoms with E-state index in [0.717, 1.165) is 56.1 Å². The molecule has 7 rings (SSSR count). The van der Waals surface area contributed by atoms with Crippen LogP contribution in [0.1, 0.15) is 49.1 Å². The summed E-state index contributed by atoms with van der Waals surface area (Å²) in [6.45, 7) is 8.31. The van der Waals surface area contributed by atoms with Gasteiger partial charge in [0.15, 0.2) is 6.10 Å². The molecule has 9 heteroatoms. The molecule has 9 nitrogen and oxygen atoms in total. The maximum absolute atomic E-state index is 13.6. The molecule has 0 saturated carbocycles. The second-order valence-electron chi connectivity index (χ2n) is 12.6. The monoisotopic (exact) mass is 602 g/mol. The molecule has 1 aliphatic rings. The van der Waals surface area contributed by atoms with E-state index < -0.39 is 17.7 Å². The molecule has 0 bridgehead atoms. The van der Waals surface area contributed by atoms with Crippen molar-refractivity contribution in [2.75, 3.05) is 6.61 Å². The standard InChI is InChI=1S/C36H34N4O5/c1-20-17-27-23(10-12-29(41)40(27)19-22-7-6-8-26-25(22)18-38-39(26)5)32(30(20)34(35(42)43)45-36(2,3)4)24-9-11-28-31-21(14-16-44-28)13-15-37-33(24)31/h6-13,15,17-18,34H,14,16,19H2,1-5H3,(H,42,43)/t34-/m0/s1. The predicted molar refractivity (Wildman–Crippen MR) is 174 cm³/mol. The third-order valence-electron chi connectivity index (χ3n) is 8.55. The van der Waals surface area contributed by atoms with Gasteiger partial charge in [0.25, 0.3) is 5.56 Å².